The van der Waals surface area contributed by atoms with E-state index in [2.05, 4.69) is 4.98 Å². The zero-order chi connectivity index (χ0) is 11.9. The third-order valence-corrected chi connectivity index (χ3v) is 2.82. The Kier molecular flexibility index (Phi) is 2.66. The van der Waals surface area contributed by atoms with Crippen LogP contribution in [0.25, 0.3) is 0 Å². The van der Waals surface area contributed by atoms with Gasteiger partial charge < -0.3 is 4.90 Å². The first kappa shape index (κ1) is 11.4. The van der Waals surface area contributed by atoms with Gasteiger partial charge in [0.25, 0.3) is 0 Å². The molecule has 0 saturated carbocycles. The molecule has 1 aromatic heterocycles. The predicted molar refractivity (Wildman–Crippen MR) is 54.0 cm³/mol. The molecule has 16 heavy (non-hydrogen) atoms. The number of rotatable bonds is 0. The molecule has 1 aliphatic heterocycles. The smallest absolute Gasteiger partial charge is 0.301 e. The van der Waals surface area contributed by atoms with Crippen molar-refractivity contribution in [1.82, 2.24) is 9.88 Å². The van der Waals surface area contributed by atoms with E-state index in [1.54, 1.807) is 0 Å². The number of hydrogen-bond acceptors (Lipinski definition) is 2. The molecular formula is C11H13F3N2. The Labute approximate surface area is 92.1 Å². The molecule has 2 heterocycles. The molecule has 0 saturated heterocycles. The SMILES string of the molecule is CC1CN(C)Cc2cc(C(F)(F)F)cnc21. The van der Waals surface area contributed by atoms with Crippen molar-refractivity contribution in [3.63, 3.8) is 0 Å². The second-order valence-corrected chi connectivity index (χ2v) is 4.36. The van der Waals surface area contributed by atoms with E-state index < -0.39 is 11.7 Å². The Balaban J connectivity index is 2.42. The molecule has 1 unspecified atom stereocenters. The number of likely N-dealkylation sites (N-methyl/N-ethyl adjacent to an activating group) is 1. The summed E-state index contributed by atoms with van der Waals surface area (Å²) in [7, 11) is 1.90. The lowest BCUT2D eigenvalue weighted by Crippen LogP contribution is -2.30. The van der Waals surface area contributed by atoms with Gasteiger partial charge in [-0.05, 0) is 18.7 Å². The Morgan fingerprint density at radius 1 is 1.44 bits per heavy atom. The van der Waals surface area contributed by atoms with Crippen molar-refractivity contribution >= 4 is 0 Å². The van der Waals surface area contributed by atoms with Gasteiger partial charge in [-0.3, -0.25) is 4.98 Å². The number of aromatic nitrogens is 1. The number of hydrogen-bond donors (Lipinski definition) is 0. The van der Waals surface area contributed by atoms with Crippen LogP contribution in [-0.4, -0.2) is 23.5 Å². The van der Waals surface area contributed by atoms with Gasteiger partial charge in [0, 0.05) is 30.9 Å². The number of nitrogens with zero attached hydrogens (tertiary/aromatic N) is 2. The van der Waals surface area contributed by atoms with E-state index in [0.717, 1.165) is 18.4 Å². The largest absolute Gasteiger partial charge is 0.417 e. The zero-order valence-corrected chi connectivity index (χ0v) is 9.17. The Bertz CT molecular complexity index is 401. The predicted octanol–water partition coefficient (Wildman–Crippen LogP) is 2.65. The maximum Gasteiger partial charge on any atom is 0.417 e. The third kappa shape index (κ3) is 2.04. The highest BCUT2D eigenvalue weighted by Crippen LogP contribution is 2.33. The minimum absolute atomic E-state index is 0.191. The summed E-state index contributed by atoms with van der Waals surface area (Å²) < 4.78 is 37.5. The fourth-order valence-corrected chi connectivity index (χ4v) is 2.16. The fraction of sp³-hybridized carbons (Fsp3) is 0.545. The normalized spacial score (nSPS) is 21.9. The molecule has 2 rings (SSSR count). The molecule has 0 aliphatic carbocycles. The van der Waals surface area contributed by atoms with Crippen molar-refractivity contribution < 1.29 is 13.2 Å². The molecular weight excluding hydrogens is 217 g/mol. The second-order valence-electron chi connectivity index (χ2n) is 4.36. The maximum atomic E-state index is 12.5. The summed E-state index contributed by atoms with van der Waals surface area (Å²) in [6.07, 6.45) is -3.37. The molecule has 5 heteroatoms. The maximum absolute atomic E-state index is 12.5. The lowest BCUT2D eigenvalue weighted by Gasteiger charge is -2.29. The summed E-state index contributed by atoms with van der Waals surface area (Å²) in [5, 5.41) is 0. The molecule has 0 spiro atoms. The Hall–Kier alpha value is -1.10. The number of alkyl halides is 3. The molecule has 0 bridgehead atoms. The first-order valence-electron chi connectivity index (χ1n) is 5.12. The topological polar surface area (TPSA) is 16.1 Å². The van der Waals surface area contributed by atoms with Gasteiger partial charge in [-0.2, -0.15) is 13.2 Å². The lowest BCUT2D eigenvalue weighted by atomic mass is 9.96. The van der Waals surface area contributed by atoms with E-state index in [-0.39, 0.29) is 5.92 Å². The molecule has 88 valence electrons. The van der Waals surface area contributed by atoms with Gasteiger partial charge in [0.1, 0.15) is 0 Å². The molecule has 0 amide bonds. The standard InChI is InChI=1S/C11H13F3N2/c1-7-5-16(2)6-8-3-9(11(12,13)14)4-15-10(7)8/h3-4,7H,5-6H2,1-2H3. The van der Waals surface area contributed by atoms with Crippen molar-refractivity contribution in [3.05, 3.63) is 29.1 Å². The van der Waals surface area contributed by atoms with E-state index in [1.807, 2.05) is 18.9 Å². The fourth-order valence-electron chi connectivity index (χ4n) is 2.16. The Morgan fingerprint density at radius 3 is 2.75 bits per heavy atom. The highest BCUT2D eigenvalue weighted by atomic mass is 19.4. The zero-order valence-electron chi connectivity index (χ0n) is 9.17. The van der Waals surface area contributed by atoms with E-state index in [0.29, 0.717) is 12.1 Å². The van der Waals surface area contributed by atoms with Gasteiger partial charge in [0.2, 0.25) is 0 Å². The average molecular weight is 230 g/mol. The quantitative estimate of drug-likeness (QED) is 0.681. The molecule has 0 aromatic carbocycles. The van der Waals surface area contributed by atoms with Crippen LogP contribution in [0, 0.1) is 0 Å². The molecule has 1 aromatic rings. The molecule has 0 N–H and O–H groups in total. The van der Waals surface area contributed by atoms with Crippen LogP contribution in [0.3, 0.4) is 0 Å². The molecule has 2 nitrogen and oxygen atoms in total. The van der Waals surface area contributed by atoms with Crippen molar-refractivity contribution in [2.24, 2.45) is 0 Å². The lowest BCUT2D eigenvalue weighted by molar-refractivity contribution is -0.137. The van der Waals surface area contributed by atoms with Gasteiger partial charge in [0.15, 0.2) is 0 Å². The number of halogens is 3. The van der Waals surface area contributed by atoms with Gasteiger partial charge in [0.05, 0.1) is 5.56 Å². The van der Waals surface area contributed by atoms with E-state index >= 15 is 0 Å². The van der Waals surface area contributed by atoms with Gasteiger partial charge in [-0.1, -0.05) is 6.92 Å². The van der Waals surface area contributed by atoms with Gasteiger partial charge in [-0.15, -0.1) is 0 Å². The summed E-state index contributed by atoms with van der Waals surface area (Å²) in [4.78, 5) is 5.96. The van der Waals surface area contributed by atoms with Crippen molar-refractivity contribution in [2.45, 2.75) is 25.6 Å². The summed E-state index contributed by atoms with van der Waals surface area (Å²) in [5.41, 5.74) is 0.830. The second kappa shape index (κ2) is 3.73. The van der Waals surface area contributed by atoms with Gasteiger partial charge in [-0.25, -0.2) is 0 Å². The van der Waals surface area contributed by atoms with Crippen molar-refractivity contribution in [3.8, 4) is 0 Å². The van der Waals surface area contributed by atoms with Crippen LogP contribution in [0.1, 0.15) is 29.7 Å². The van der Waals surface area contributed by atoms with Crippen LogP contribution in [0.4, 0.5) is 13.2 Å². The third-order valence-electron chi connectivity index (χ3n) is 2.82. The monoisotopic (exact) mass is 230 g/mol. The molecule has 1 atom stereocenters. The van der Waals surface area contributed by atoms with Gasteiger partial charge >= 0.3 is 6.18 Å². The molecule has 0 radical (unpaired) electrons. The summed E-state index contributed by atoms with van der Waals surface area (Å²) in [5.74, 6) is 0.191. The van der Waals surface area contributed by atoms with Crippen LogP contribution in [0.2, 0.25) is 0 Å². The summed E-state index contributed by atoms with van der Waals surface area (Å²) in [6.45, 7) is 3.36. The Morgan fingerprint density at radius 2 is 2.12 bits per heavy atom. The minimum atomic E-state index is -4.30. The first-order valence-corrected chi connectivity index (χ1v) is 5.12. The van der Waals surface area contributed by atoms with Crippen molar-refractivity contribution in [1.29, 1.82) is 0 Å². The van der Waals surface area contributed by atoms with Crippen LogP contribution in [0.15, 0.2) is 12.3 Å². The highest BCUT2D eigenvalue weighted by Gasteiger charge is 2.33. The number of pyridine rings is 1. The summed E-state index contributed by atoms with van der Waals surface area (Å²) in [6, 6.07) is 1.22. The van der Waals surface area contributed by atoms with Crippen LogP contribution in [0.5, 0.6) is 0 Å². The number of fused-ring (bicyclic) bond motifs is 1. The van der Waals surface area contributed by atoms with Crippen LogP contribution in [-0.2, 0) is 12.7 Å². The summed E-state index contributed by atoms with van der Waals surface area (Å²) >= 11 is 0. The van der Waals surface area contributed by atoms with Crippen molar-refractivity contribution in [2.75, 3.05) is 13.6 Å². The minimum Gasteiger partial charge on any atom is -0.301 e. The van der Waals surface area contributed by atoms with E-state index in [9.17, 15) is 13.2 Å². The first-order chi connectivity index (χ1) is 7.38. The molecule has 1 aliphatic rings. The van der Waals surface area contributed by atoms with E-state index in [4.69, 9.17) is 0 Å². The molecule has 0 fully saturated rings. The average Bonchev–Trinajstić information content (AvgIpc) is 2.15. The van der Waals surface area contributed by atoms with E-state index in [1.165, 1.54) is 6.07 Å². The van der Waals surface area contributed by atoms with Crippen LogP contribution < -0.4 is 0 Å². The highest BCUT2D eigenvalue weighted by molar-refractivity contribution is 5.31. The van der Waals surface area contributed by atoms with Crippen LogP contribution >= 0.6 is 0 Å².